The van der Waals surface area contributed by atoms with E-state index in [1.165, 1.54) is 18.1 Å². The van der Waals surface area contributed by atoms with Gasteiger partial charge in [0.05, 0.1) is 18.4 Å². The second kappa shape index (κ2) is 5.39. The summed E-state index contributed by atoms with van der Waals surface area (Å²) in [5, 5.41) is 9.12. The first-order chi connectivity index (χ1) is 8.38. The lowest BCUT2D eigenvalue weighted by Crippen LogP contribution is -2.37. The van der Waals surface area contributed by atoms with Crippen molar-refractivity contribution in [1.29, 1.82) is 0 Å². The van der Waals surface area contributed by atoms with Gasteiger partial charge in [-0.2, -0.15) is 0 Å². The van der Waals surface area contributed by atoms with E-state index in [1.807, 2.05) is 0 Å². The van der Waals surface area contributed by atoms with Gasteiger partial charge < -0.3 is 20.5 Å². The molecule has 0 radical (unpaired) electrons. The van der Waals surface area contributed by atoms with E-state index in [4.69, 9.17) is 10.8 Å². The minimum Gasteiger partial charge on any atom is -0.478 e. The molecule has 18 heavy (non-hydrogen) atoms. The summed E-state index contributed by atoms with van der Waals surface area (Å²) in [7, 11) is 2.91. The number of anilines is 2. The highest BCUT2D eigenvalue weighted by Crippen LogP contribution is 2.24. The molecule has 98 valence electrons. The van der Waals surface area contributed by atoms with Crippen molar-refractivity contribution in [2.45, 2.75) is 13.0 Å². The Balaban J connectivity index is 3.16. The summed E-state index contributed by atoms with van der Waals surface area (Å²) in [5.41, 5.74) is 6.37. The number of nitrogens with two attached hydrogens (primary N) is 1. The Morgan fingerprint density at radius 3 is 2.56 bits per heavy atom. The maximum absolute atomic E-state index is 11.4. The van der Waals surface area contributed by atoms with Crippen LogP contribution in [0.1, 0.15) is 17.3 Å². The Bertz CT molecular complexity index is 473. The van der Waals surface area contributed by atoms with E-state index in [-0.39, 0.29) is 5.56 Å². The molecule has 3 N–H and O–H groups in total. The molecule has 1 aromatic carbocycles. The lowest BCUT2D eigenvalue weighted by atomic mass is 10.1. The topological polar surface area (TPSA) is 92.9 Å². The highest BCUT2D eigenvalue weighted by molar-refractivity contribution is 5.96. The van der Waals surface area contributed by atoms with E-state index < -0.39 is 18.0 Å². The fourth-order valence-corrected chi connectivity index (χ4v) is 1.57. The molecule has 0 saturated heterocycles. The maximum Gasteiger partial charge on any atom is 0.337 e. The summed E-state index contributed by atoms with van der Waals surface area (Å²) in [6, 6.07) is 3.93. The molecule has 0 aliphatic carbocycles. The number of hydrogen-bond acceptors (Lipinski definition) is 5. The number of nitrogens with zero attached hydrogens (tertiary/aromatic N) is 1. The third-order valence-corrected chi connectivity index (χ3v) is 2.75. The van der Waals surface area contributed by atoms with Crippen molar-refractivity contribution < 1.29 is 19.4 Å². The standard InChI is InChI=1S/C12H16N2O4/c1-7(12(17)18-3)14(2)10-5-4-8(13)6-9(10)11(15)16/h4-7H,13H2,1-3H3,(H,15,16). The molecule has 1 unspecified atom stereocenters. The Kier molecular flexibility index (Phi) is 4.14. The number of carboxylic acid groups (broad SMARTS) is 1. The van der Waals surface area contributed by atoms with Gasteiger partial charge in [-0.25, -0.2) is 9.59 Å². The Morgan fingerprint density at radius 1 is 1.44 bits per heavy atom. The molecule has 1 atom stereocenters. The Morgan fingerprint density at radius 2 is 2.06 bits per heavy atom. The number of likely N-dealkylation sites (N-methyl/N-ethyl adjacent to an activating group) is 1. The second-order valence-corrected chi connectivity index (χ2v) is 3.89. The van der Waals surface area contributed by atoms with E-state index in [0.717, 1.165) is 0 Å². The minimum absolute atomic E-state index is 0.0493. The first-order valence-electron chi connectivity index (χ1n) is 5.32. The Hall–Kier alpha value is -2.24. The quantitative estimate of drug-likeness (QED) is 0.612. The van der Waals surface area contributed by atoms with Gasteiger partial charge >= 0.3 is 11.9 Å². The van der Waals surface area contributed by atoms with E-state index in [0.29, 0.717) is 11.4 Å². The van der Waals surface area contributed by atoms with Gasteiger partial charge in [0.2, 0.25) is 0 Å². The van der Waals surface area contributed by atoms with Gasteiger partial charge in [-0.1, -0.05) is 0 Å². The van der Waals surface area contributed by atoms with Gasteiger partial charge in [0.25, 0.3) is 0 Å². The summed E-state index contributed by atoms with van der Waals surface area (Å²) < 4.78 is 4.63. The van der Waals surface area contributed by atoms with Crippen LogP contribution in [0.5, 0.6) is 0 Å². The molecule has 1 aromatic rings. The van der Waals surface area contributed by atoms with Gasteiger partial charge in [0.15, 0.2) is 0 Å². The normalized spacial score (nSPS) is 11.7. The van der Waals surface area contributed by atoms with Gasteiger partial charge in [-0.3, -0.25) is 0 Å². The molecular weight excluding hydrogens is 236 g/mol. The zero-order valence-electron chi connectivity index (χ0n) is 10.5. The molecule has 0 aliphatic rings. The molecule has 6 nitrogen and oxygen atoms in total. The van der Waals surface area contributed by atoms with Crippen LogP contribution in [0.15, 0.2) is 18.2 Å². The fraction of sp³-hybridized carbons (Fsp3) is 0.333. The van der Waals surface area contributed by atoms with Crippen LogP contribution in [0.4, 0.5) is 11.4 Å². The zero-order chi connectivity index (χ0) is 13.9. The molecule has 6 heteroatoms. The first-order valence-corrected chi connectivity index (χ1v) is 5.32. The number of carbonyl (C=O) groups is 2. The van der Waals surface area contributed by atoms with Crippen molar-refractivity contribution in [3.63, 3.8) is 0 Å². The Labute approximate surface area is 105 Å². The summed E-state index contributed by atoms with van der Waals surface area (Å²) in [4.78, 5) is 24.1. The van der Waals surface area contributed by atoms with Crippen molar-refractivity contribution >= 4 is 23.3 Å². The summed E-state index contributed by atoms with van der Waals surface area (Å²) in [6.45, 7) is 1.63. The molecule has 0 heterocycles. The molecule has 0 fully saturated rings. The molecule has 0 bridgehead atoms. The average molecular weight is 252 g/mol. The molecule has 0 amide bonds. The number of methoxy groups -OCH3 is 1. The number of carbonyl (C=O) groups excluding carboxylic acids is 1. The van der Waals surface area contributed by atoms with Gasteiger partial charge in [0.1, 0.15) is 6.04 Å². The number of ether oxygens (including phenoxy) is 1. The fourth-order valence-electron chi connectivity index (χ4n) is 1.57. The van der Waals surface area contributed by atoms with E-state index in [2.05, 4.69) is 4.74 Å². The van der Waals surface area contributed by atoms with E-state index in [1.54, 1.807) is 26.1 Å². The lowest BCUT2D eigenvalue weighted by Gasteiger charge is -2.26. The molecule has 1 rings (SSSR count). The summed E-state index contributed by atoms with van der Waals surface area (Å²) in [6.07, 6.45) is 0. The average Bonchev–Trinajstić information content (AvgIpc) is 2.35. The minimum atomic E-state index is -1.10. The molecule has 0 spiro atoms. The second-order valence-electron chi connectivity index (χ2n) is 3.89. The molecule has 0 aromatic heterocycles. The van der Waals surface area contributed by atoms with E-state index >= 15 is 0 Å². The number of esters is 1. The number of hydrogen-bond donors (Lipinski definition) is 2. The number of benzene rings is 1. The van der Waals surface area contributed by atoms with Crippen molar-refractivity contribution in [3.05, 3.63) is 23.8 Å². The monoisotopic (exact) mass is 252 g/mol. The molecule has 0 saturated carbocycles. The zero-order valence-corrected chi connectivity index (χ0v) is 10.5. The van der Waals surface area contributed by atoms with Crippen LogP contribution in [-0.2, 0) is 9.53 Å². The number of aromatic carboxylic acids is 1. The highest BCUT2D eigenvalue weighted by atomic mass is 16.5. The number of nitrogen functional groups attached to an aromatic ring is 1. The van der Waals surface area contributed by atoms with Crippen LogP contribution >= 0.6 is 0 Å². The van der Waals surface area contributed by atoms with Crippen molar-refractivity contribution in [2.24, 2.45) is 0 Å². The lowest BCUT2D eigenvalue weighted by molar-refractivity contribution is -0.141. The third-order valence-electron chi connectivity index (χ3n) is 2.75. The smallest absolute Gasteiger partial charge is 0.337 e. The largest absolute Gasteiger partial charge is 0.478 e. The predicted molar refractivity (Wildman–Crippen MR) is 67.7 cm³/mol. The van der Waals surface area contributed by atoms with Crippen molar-refractivity contribution in [3.8, 4) is 0 Å². The van der Waals surface area contributed by atoms with Crippen molar-refractivity contribution in [2.75, 3.05) is 24.8 Å². The SMILES string of the molecule is COC(=O)C(C)N(C)c1ccc(N)cc1C(=O)O. The van der Waals surface area contributed by atoms with Crippen LogP contribution in [0.3, 0.4) is 0 Å². The van der Waals surface area contributed by atoms with Crippen LogP contribution in [0, 0.1) is 0 Å². The van der Waals surface area contributed by atoms with Crippen LogP contribution in [-0.4, -0.2) is 37.2 Å². The van der Waals surface area contributed by atoms with Crippen LogP contribution in [0.25, 0.3) is 0 Å². The molecular formula is C12H16N2O4. The number of rotatable bonds is 4. The van der Waals surface area contributed by atoms with Gasteiger partial charge in [-0.05, 0) is 25.1 Å². The summed E-state index contributed by atoms with van der Waals surface area (Å²) in [5.74, 6) is -1.54. The first kappa shape index (κ1) is 13.8. The summed E-state index contributed by atoms with van der Waals surface area (Å²) >= 11 is 0. The van der Waals surface area contributed by atoms with Gasteiger partial charge in [-0.15, -0.1) is 0 Å². The third kappa shape index (κ3) is 2.71. The predicted octanol–water partition coefficient (Wildman–Crippen LogP) is 0.965. The maximum atomic E-state index is 11.4. The van der Waals surface area contributed by atoms with E-state index in [9.17, 15) is 9.59 Å². The van der Waals surface area contributed by atoms with Crippen LogP contribution < -0.4 is 10.6 Å². The molecule has 0 aliphatic heterocycles. The van der Waals surface area contributed by atoms with Crippen molar-refractivity contribution in [1.82, 2.24) is 0 Å². The highest BCUT2D eigenvalue weighted by Gasteiger charge is 2.22. The number of carboxylic acids is 1. The van der Waals surface area contributed by atoms with Crippen LogP contribution in [0.2, 0.25) is 0 Å². The van der Waals surface area contributed by atoms with Gasteiger partial charge in [0, 0.05) is 12.7 Å².